The van der Waals surface area contributed by atoms with Crippen LogP contribution in [0.5, 0.6) is 0 Å². The van der Waals surface area contributed by atoms with Gasteiger partial charge in [0.05, 0.1) is 6.61 Å². The number of esters is 1. The third kappa shape index (κ3) is 4.18. The van der Waals surface area contributed by atoms with E-state index in [-0.39, 0.29) is 5.92 Å². The van der Waals surface area contributed by atoms with Crippen LogP contribution in [0.4, 0.5) is 0 Å². The summed E-state index contributed by atoms with van der Waals surface area (Å²) in [4.78, 5) is 36.4. The molecule has 1 heterocycles. The summed E-state index contributed by atoms with van der Waals surface area (Å²) in [5.74, 6) is -1.57. The van der Waals surface area contributed by atoms with Gasteiger partial charge in [0.2, 0.25) is 0 Å². The second-order valence-corrected chi connectivity index (χ2v) is 5.30. The molecular weight excluding hydrogens is 258 g/mol. The van der Waals surface area contributed by atoms with Crippen molar-refractivity contribution in [3.05, 3.63) is 12.2 Å². The lowest BCUT2D eigenvalue weighted by atomic mass is 10.0. The number of hydrogen-bond acceptors (Lipinski definition) is 4. The number of rotatable bonds is 8. The maximum Gasteiger partial charge on any atom is 0.329 e. The number of imide groups is 1. The molecule has 0 aliphatic carbocycles. The third-order valence-corrected chi connectivity index (χ3v) is 3.24. The molecule has 0 radical (unpaired) electrons. The molecule has 0 saturated carbocycles. The van der Waals surface area contributed by atoms with Crippen LogP contribution in [0.3, 0.4) is 0 Å². The molecule has 0 N–H and O–H groups in total. The second-order valence-electron chi connectivity index (χ2n) is 5.30. The smallest absolute Gasteiger partial charge is 0.329 e. The molecule has 1 rings (SSSR count). The molecule has 0 aromatic rings. The van der Waals surface area contributed by atoms with E-state index in [9.17, 15) is 14.4 Å². The summed E-state index contributed by atoms with van der Waals surface area (Å²) < 4.78 is 5.21. The largest absolute Gasteiger partial charge is 0.464 e. The highest BCUT2D eigenvalue weighted by Gasteiger charge is 2.38. The maximum atomic E-state index is 12.1. The Balaban J connectivity index is 2.56. The Morgan fingerprint density at radius 3 is 2.25 bits per heavy atom. The van der Waals surface area contributed by atoms with Crippen molar-refractivity contribution in [2.75, 3.05) is 6.61 Å². The molecular formula is C15H23NO4. The highest BCUT2D eigenvalue weighted by atomic mass is 16.5. The zero-order valence-electron chi connectivity index (χ0n) is 12.4. The summed E-state index contributed by atoms with van der Waals surface area (Å²) in [5, 5.41) is 0. The minimum atomic E-state index is -0.837. The quantitative estimate of drug-likeness (QED) is 0.388. The molecule has 0 bridgehead atoms. The van der Waals surface area contributed by atoms with Gasteiger partial charge in [-0.3, -0.25) is 14.5 Å². The lowest BCUT2D eigenvalue weighted by Crippen LogP contribution is -2.48. The molecule has 1 atom stereocenters. The van der Waals surface area contributed by atoms with E-state index >= 15 is 0 Å². The summed E-state index contributed by atoms with van der Waals surface area (Å²) >= 11 is 0. The highest BCUT2D eigenvalue weighted by Crippen LogP contribution is 2.18. The Morgan fingerprint density at radius 1 is 1.15 bits per heavy atom. The van der Waals surface area contributed by atoms with E-state index in [0.29, 0.717) is 6.61 Å². The van der Waals surface area contributed by atoms with Crippen molar-refractivity contribution in [3.8, 4) is 0 Å². The number of ether oxygens (including phenoxy) is 1. The van der Waals surface area contributed by atoms with Crippen molar-refractivity contribution in [1.82, 2.24) is 4.90 Å². The molecule has 1 aliphatic rings. The van der Waals surface area contributed by atoms with Gasteiger partial charge in [-0.25, -0.2) is 4.79 Å². The Bertz CT molecular complexity index is 383. The predicted octanol–water partition coefficient (Wildman–Crippen LogP) is 2.06. The van der Waals surface area contributed by atoms with Gasteiger partial charge in [-0.1, -0.05) is 40.0 Å². The first kappa shape index (κ1) is 16.4. The van der Waals surface area contributed by atoms with E-state index in [1.165, 1.54) is 12.2 Å². The van der Waals surface area contributed by atoms with Gasteiger partial charge in [0.25, 0.3) is 11.8 Å². The first-order chi connectivity index (χ1) is 9.49. The van der Waals surface area contributed by atoms with Crippen LogP contribution in [0.1, 0.15) is 46.5 Å². The van der Waals surface area contributed by atoms with Crippen LogP contribution in [0.25, 0.3) is 0 Å². The Morgan fingerprint density at radius 2 is 1.75 bits per heavy atom. The third-order valence-electron chi connectivity index (χ3n) is 3.24. The molecule has 0 aromatic heterocycles. The SMILES string of the molecule is CCCCCCOC(=O)[C@H](C(C)C)N1C(=O)C=CC1=O. The monoisotopic (exact) mass is 281 g/mol. The first-order valence-electron chi connectivity index (χ1n) is 7.21. The molecule has 2 amide bonds. The van der Waals surface area contributed by atoms with Crippen molar-refractivity contribution in [3.63, 3.8) is 0 Å². The van der Waals surface area contributed by atoms with E-state index in [1.807, 2.05) is 0 Å². The Labute approximate surface area is 120 Å². The fourth-order valence-corrected chi connectivity index (χ4v) is 2.15. The number of hydrogen-bond donors (Lipinski definition) is 0. The molecule has 0 aromatic carbocycles. The van der Waals surface area contributed by atoms with E-state index < -0.39 is 23.8 Å². The molecule has 112 valence electrons. The van der Waals surface area contributed by atoms with Crippen LogP contribution in [0, 0.1) is 5.92 Å². The Kier molecular flexibility index (Phi) is 6.42. The molecule has 0 spiro atoms. The summed E-state index contributed by atoms with van der Waals surface area (Å²) in [6, 6.07) is -0.837. The van der Waals surface area contributed by atoms with E-state index in [4.69, 9.17) is 4.74 Å². The van der Waals surface area contributed by atoms with Gasteiger partial charge in [0.15, 0.2) is 0 Å². The van der Waals surface area contributed by atoms with E-state index in [0.717, 1.165) is 30.6 Å². The van der Waals surface area contributed by atoms with E-state index in [2.05, 4.69) is 6.92 Å². The normalized spacial score (nSPS) is 16.1. The number of carbonyl (C=O) groups excluding carboxylic acids is 3. The maximum absolute atomic E-state index is 12.1. The number of nitrogens with zero attached hydrogens (tertiary/aromatic N) is 1. The van der Waals surface area contributed by atoms with Gasteiger partial charge >= 0.3 is 5.97 Å². The van der Waals surface area contributed by atoms with Crippen molar-refractivity contribution in [1.29, 1.82) is 0 Å². The zero-order valence-corrected chi connectivity index (χ0v) is 12.4. The van der Waals surface area contributed by atoms with Gasteiger partial charge in [0, 0.05) is 12.2 Å². The second kappa shape index (κ2) is 7.82. The Hall–Kier alpha value is -1.65. The van der Waals surface area contributed by atoms with Gasteiger partial charge < -0.3 is 4.74 Å². The van der Waals surface area contributed by atoms with Crippen molar-refractivity contribution >= 4 is 17.8 Å². The highest BCUT2D eigenvalue weighted by molar-refractivity contribution is 6.14. The molecule has 1 aliphatic heterocycles. The summed E-state index contributed by atoms with van der Waals surface area (Å²) in [6.45, 7) is 6.04. The van der Waals surface area contributed by atoms with Crippen molar-refractivity contribution in [2.45, 2.75) is 52.5 Å². The van der Waals surface area contributed by atoms with Crippen LogP contribution in [-0.4, -0.2) is 35.3 Å². The fourth-order valence-electron chi connectivity index (χ4n) is 2.15. The van der Waals surface area contributed by atoms with Gasteiger partial charge in [-0.15, -0.1) is 0 Å². The average Bonchev–Trinajstić information content (AvgIpc) is 2.70. The molecule has 20 heavy (non-hydrogen) atoms. The topological polar surface area (TPSA) is 63.7 Å². The summed E-state index contributed by atoms with van der Waals surface area (Å²) in [6.07, 6.45) is 6.42. The first-order valence-corrected chi connectivity index (χ1v) is 7.21. The standard InChI is InChI=1S/C15H23NO4/c1-4-5-6-7-10-20-15(19)14(11(2)3)16-12(17)8-9-13(16)18/h8-9,11,14H,4-7,10H2,1-3H3/t14-/m0/s1. The lowest BCUT2D eigenvalue weighted by molar-refractivity contribution is -0.159. The van der Waals surface area contributed by atoms with Crippen LogP contribution in [-0.2, 0) is 19.1 Å². The van der Waals surface area contributed by atoms with Gasteiger partial charge in [-0.05, 0) is 12.3 Å². The molecule has 0 saturated heterocycles. The predicted molar refractivity (Wildman–Crippen MR) is 74.7 cm³/mol. The molecule has 0 unspecified atom stereocenters. The fraction of sp³-hybridized carbons (Fsp3) is 0.667. The minimum absolute atomic E-state index is 0.175. The minimum Gasteiger partial charge on any atom is -0.464 e. The van der Waals surface area contributed by atoms with Crippen LogP contribution in [0.15, 0.2) is 12.2 Å². The average molecular weight is 281 g/mol. The number of carbonyl (C=O) groups is 3. The van der Waals surface area contributed by atoms with Crippen molar-refractivity contribution < 1.29 is 19.1 Å². The number of amides is 2. The van der Waals surface area contributed by atoms with Gasteiger partial charge in [-0.2, -0.15) is 0 Å². The lowest BCUT2D eigenvalue weighted by Gasteiger charge is -2.27. The van der Waals surface area contributed by atoms with Crippen molar-refractivity contribution in [2.24, 2.45) is 5.92 Å². The molecule has 5 heteroatoms. The van der Waals surface area contributed by atoms with Crippen LogP contribution in [0.2, 0.25) is 0 Å². The molecule has 5 nitrogen and oxygen atoms in total. The molecule has 0 fully saturated rings. The van der Waals surface area contributed by atoms with Gasteiger partial charge in [0.1, 0.15) is 6.04 Å². The number of unbranched alkanes of at least 4 members (excludes halogenated alkanes) is 3. The van der Waals surface area contributed by atoms with E-state index in [1.54, 1.807) is 13.8 Å². The van der Waals surface area contributed by atoms with Crippen LogP contribution >= 0.6 is 0 Å². The summed E-state index contributed by atoms with van der Waals surface area (Å²) in [7, 11) is 0. The zero-order chi connectivity index (χ0) is 15.1. The van der Waals surface area contributed by atoms with Crippen LogP contribution < -0.4 is 0 Å². The summed E-state index contributed by atoms with van der Waals surface area (Å²) in [5.41, 5.74) is 0.